The van der Waals surface area contributed by atoms with Crippen molar-refractivity contribution in [1.82, 2.24) is 4.31 Å². The van der Waals surface area contributed by atoms with Gasteiger partial charge in [-0.1, -0.05) is 23.7 Å². The summed E-state index contributed by atoms with van der Waals surface area (Å²) in [6, 6.07) is 6.81. The van der Waals surface area contributed by atoms with Crippen molar-refractivity contribution in [1.29, 1.82) is 0 Å². The molecule has 0 atom stereocenters. The molecule has 1 N–H and O–H groups in total. The summed E-state index contributed by atoms with van der Waals surface area (Å²) in [5, 5.41) is 9.06. The molecule has 0 heterocycles. The van der Waals surface area contributed by atoms with Crippen LogP contribution in [0.1, 0.15) is 12.0 Å². The first kappa shape index (κ1) is 14.9. The zero-order chi connectivity index (χ0) is 13.8. The van der Waals surface area contributed by atoms with E-state index < -0.39 is 28.2 Å². The minimum atomic E-state index is -3.54. The Balaban J connectivity index is 2.66. The molecule has 0 fully saturated rings. The van der Waals surface area contributed by atoms with Crippen LogP contribution in [0.2, 0.25) is 5.02 Å². The molecule has 1 aromatic rings. The third kappa shape index (κ3) is 4.64. The minimum Gasteiger partial charge on any atom is -0.481 e. The summed E-state index contributed by atoms with van der Waals surface area (Å²) < 4.78 is 24.6. The molecule has 0 aliphatic rings. The van der Waals surface area contributed by atoms with Crippen LogP contribution in [0.5, 0.6) is 0 Å². The number of carboxylic acids is 1. The number of carboxylic acid groups (broad SMARTS) is 1. The van der Waals surface area contributed by atoms with Gasteiger partial charge < -0.3 is 5.11 Å². The second-order valence-corrected chi connectivity index (χ2v) is 6.47. The van der Waals surface area contributed by atoms with Gasteiger partial charge in [0.15, 0.2) is 0 Å². The van der Waals surface area contributed by atoms with E-state index in [1.807, 2.05) is 0 Å². The molecule has 5 nitrogen and oxygen atoms in total. The normalized spacial score (nSPS) is 11.7. The highest BCUT2D eigenvalue weighted by Gasteiger charge is 2.19. The summed E-state index contributed by atoms with van der Waals surface area (Å²) in [5.74, 6) is -1.52. The van der Waals surface area contributed by atoms with Crippen LogP contribution in [0.3, 0.4) is 0 Å². The van der Waals surface area contributed by atoms with E-state index in [9.17, 15) is 13.2 Å². The Morgan fingerprint density at radius 2 is 1.89 bits per heavy atom. The third-order valence-corrected chi connectivity index (χ3v) is 4.42. The van der Waals surface area contributed by atoms with Crippen LogP contribution < -0.4 is 0 Å². The molecule has 0 amide bonds. The molecule has 0 bridgehead atoms. The van der Waals surface area contributed by atoms with Gasteiger partial charge in [0, 0.05) is 18.6 Å². The number of hydrogen-bond acceptors (Lipinski definition) is 3. The molecule has 0 aliphatic carbocycles. The van der Waals surface area contributed by atoms with Gasteiger partial charge in [0.2, 0.25) is 10.0 Å². The van der Waals surface area contributed by atoms with Gasteiger partial charge in [-0.25, -0.2) is 12.7 Å². The van der Waals surface area contributed by atoms with Crippen LogP contribution in [-0.2, 0) is 21.4 Å². The van der Waals surface area contributed by atoms with Crippen molar-refractivity contribution in [2.24, 2.45) is 0 Å². The van der Waals surface area contributed by atoms with Crippen molar-refractivity contribution < 1.29 is 18.3 Å². The number of hydrogen-bond donors (Lipinski definition) is 1. The molecule has 0 saturated heterocycles. The second kappa shape index (κ2) is 6.17. The third-order valence-electron chi connectivity index (χ3n) is 2.37. The van der Waals surface area contributed by atoms with Crippen molar-refractivity contribution >= 4 is 27.6 Å². The Kier molecular flexibility index (Phi) is 5.13. The monoisotopic (exact) mass is 291 g/mol. The smallest absolute Gasteiger partial charge is 0.304 e. The highest BCUT2D eigenvalue weighted by molar-refractivity contribution is 7.89. The summed E-state index contributed by atoms with van der Waals surface area (Å²) in [7, 11) is -2.12. The van der Waals surface area contributed by atoms with Crippen LogP contribution in [0, 0.1) is 0 Å². The Labute approximate surface area is 111 Å². The maximum absolute atomic E-state index is 11.7. The van der Waals surface area contributed by atoms with E-state index in [-0.39, 0.29) is 6.54 Å². The van der Waals surface area contributed by atoms with Crippen LogP contribution in [0.15, 0.2) is 24.3 Å². The molecule has 7 heteroatoms. The minimum absolute atomic E-state index is 0.194. The molecular weight excluding hydrogens is 278 g/mol. The second-order valence-electron chi connectivity index (χ2n) is 3.84. The van der Waals surface area contributed by atoms with E-state index in [1.165, 1.54) is 7.05 Å². The summed E-state index contributed by atoms with van der Waals surface area (Å²) >= 11 is 5.73. The van der Waals surface area contributed by atoms with E-state index in [0.29, 0.717) is 5.02 Å². The Morgan fingerprint density at radius 1 is 1.33 bits per heavy atom. The van der Waals surface area contributed by atoms with Gasteiger partial charge in [-0.15, -0.1) is 0 Å². The summed E-state index contributed by atoms with van der Waals surface area (Å²) in [6.45, 7) is 0.194. The molecule has 0 unspecified atom stereocenters. The molecule has 0 radical (unpaired) electrons. The quantitative estimate of drug-likeness (QED) is 0.863. The number of rotatable bonds is 6. The fraction of sp³-hybridized carbons (Fsp3) is 0.364. The lowest BCUT2D eigenvalue weighted by Gasteiger charge is -2.16. The Morgan fingerprint density at radius 3 is 2.39 bits per heavy atom. The summed E-state index contributed by atoms with van der Waals surface area (Å²) in [4.78, 5) is 10.4. The van der Waals surface area contributed by atoms with Crippen LogP contribution in [-0.4, -0.2) is 36.6 Å². The maximum Gasteiger partial charge on any atom is 0.304 e. The average molecular weight is 292 g/mol. The molecule has 100 valence electrons. The SMILES string of the molecule is CN(Cc1ccc(Cl)cc1)S(=O)(=O)CCC(=O)O. The summed E-state index contributed by atoms with van der Waals surface area (Å²) in [6.07, 6.45) is -0.396. The first-order valence-corrected chi connectivity index (χ1v) is 7.20. The highest BCUT2D eigenvalue weighted by atomic mass is 35.5. The zero-order valence-electron chi connectivity index (χ0n) is 9.84. The standard InChI is InChI=1S/C11H14ClNO4S/c1-13(18(16,17)7-6-11(14)15)8-9-2-4-10(12)5-3-9/h2-5H,6-8H2,1H3,(H,14,15). The average Bonchev–Trinajstić information content (AvgIpc) is 2.29. The molecule has 0 aliphatic heterocycles. The number of benzene rings is 1. The van der Waals surface area contributed by atoms with Gasteiger partial charge in [-0.2, -0.15) is 0 Å². The predicted octanol–water partition coefficient (Wildman–Crippen LogP) is 1.58. The van der Waals surface area contributed by atoms with Gasteiger partial charge in [0.1, 0.15) is 0 Å². The molecule has 18 heavy (non-hydrogen) atoms. The lowest BCUT2D eigenvalue weighted by Crippen LogP contribution is -2.29. The van der Waals surface area contributed by atoms with Crippen LogP contribution >= 0.6 is 11.6 Å². The zero-order valence-corrected chi connectivity index (χ0v) is 11.4. The fourth-order valence-corrected chi connectivity index (χ4v) is 2.53. The van der Waals surface area contributed by atoms with E-state index in [0.717, 1.165) is 9.87 Å². The lowest BCUT2D eigenvalue weighted by molar-refractivity contribution is -0.136. The molecule has 0 aromatic heterocycles. The maximum atomic E-state index is 11.7. The van der Waals surface area contributed by atoms with Crippen molar-refractivity contribution in [3.63, 3.8) is 0 Å². The number of halogens is 1. The number of aliphatic carboxylic acids is 1. The highest BCUT2D eigenvalue weighted by Crippen LogP contribution is 2.12. The predicted molar refractivity (Wildman–Crippen MR) is 69.0 cm³/mol. The van der Waals surface area contributed by atoms with E-state index >= 15 is 0 Å². The number of carbonyl (C=O) groups is 1. The number of nitrogens with zero attached hydrogens (tertiary/aromatic N) is 1. The summed E-state index contributed by atoms with van der Waals surface area (Å²) in [5.41, 5.74) is 0.792. The Hall–Kier alpha value is -1.11. The van der Waals surface area contributed by atoms with Gasteiger partial charge >= 0.3 is 5.97 Å². The van der Waals surface area contributed by atoms with Gasteiger partial charge in [-0.05, 0) is 17.7 Å². The van der Waals surface area contributed by atoms with Crippen molar-refractivity contribution in [3.8, 4) is 0 Å². The van der Waals surface area contributed by atoms with Gasteiger partial charge in [0.25, 0.3) is 0 Å². The molecule has 1 aromatic carbocycles. The van der Waals surface area contributed by atoms with Crippen molar-refractivity contribution in [3.05, 3.63) is 34.9 Å². The van der Waals surface area contributed by atoms with Gasteiger partial charge in [0.05, 0.1) is 12.2 Å². The van der Waals surface area contributed by atoms with E-state index in [2.05, 4.69) is 0 Å². The van der Waals surface area contributed by atoms with Crippen LogP contribution in [0.4, 0.5) is 0 Å². The van der Waals surface area contributed by atoms with E-state index in [1.54, 1.807) is 24.3 Å². The fourth-order valence-electron chi connectivity index (χ4n) is 1.32. The molecular formula is C11H14ClNO4S. The molecule has 1 rings (SSSR count). The van der Waals surface area contributed by atoms with E-state index in [4.69, 9.17) is 16.7 Å². The largest absolute Gasteiger partial charge is 0.481 e. The van der Waals surface area contributed by atoms with Crippen molar-refractivity contribution in [2.75, 3.05) is 12.8 Å². The topological polar surface area (TPSA) is 74.7 Å². The van der Waals surface area contributed by atoms with Crippen molar-refractivity contribution in [2.45, 2.75) is 13.0 Å². The van der Waals surface area contributed by atoms with Gasteiger partial charge in [-0.3, -0.25) is 4.79 Å². The van der Waals surface area contributed by atoms with Crippen LogP contribution in [0.25, 0.3) is 0 Å². The lowest BCUT2D eigenvalue weighted by atomic mass is 10.2. The first-order valence-electron chi connectivity index (χ1n) is 5.21. The Bertz CT molecular complexity index is 512. The molecule has 0 saturated carbocycles. The number of sulfonamides is 1. The molecule has 0 spiro atoms. The first-order chi connectivity index (χ1) is 8.31.